The minimum absolute atomic E-state index is 0.213. The lowest BCUT2D eigenvalue weighted by atomic mass is 10.1. The van der Waals surface area contributed by atoms with Crippen molar-refractivity contribution in [1.82, 2.24) is 15.3 Å². The van der Waals surface area contributed by atoms with Crippen molar-refractivity contribution >= 4 is 17.7 Å². The van der Waals surface area contributed by atoms with Crippen LogP contribution in [0.25, 0.3) is 0 Å². The molecule has 1 heterocycles. The molecule has 6 nitrogen and oxygen atoms in total. The third-order valence-electron chi connectivity index (χ3n) is 2.45. The molecule has 1 unspecified atom stereocenters. The van der Waals surface area contributed by atoms with E-state index < -0.39 is 11.4 Å². The minimum Gasteiger partial charge on any atom is -0.368 e. The highest BCUT2D eigenvalue weighted by Crippen LogP contribution is 2.18. The molecule has 0 aliphatic heterocycles. The summed E-state index contributed by atoms with van der Waals surface area (Å²) in [5.74, 6) is -0.00308. The lowest BCUT2D eigenvalue weighted by Gasteiger charge is -2.26. The molecular weight excluding hydrogens is 252 g/mol. The molecule has 0 saturated carbocycles. The van der Waals surface area contributed by atoms with Crippen LogP contribution in [0.5, 0.6) is 0 Å². The van der Waals surface area contributed by atoms with Crippen molar-refractivity contribution in [2.24, 2.45) is 5.73 Å². The van der Waals surface area contributed by atoms with Gasteiger partial charge in [-0.1, -0.05) is 18.7 Å². The minimum atomic E-state index is -0.810. The summed E-state index contributed by atoms with van der Waals surface area (Å²) < 4.78 is 0. The normalized spacial score (nSPS) is 14.1. The molecule has 7 heteroatoms. The summed E-state index contributed by atoms with van der Waals surface area (Å²) in [6.45, 7) is 4.47. The Bertz CT molecular complexity index is 462. The highest BCUT2D eigenvalue weighted by Gasteiger charge is 2.30. The summed E-state index contributed by atoms with van der Waals surface area (Å²) in [4.78, 5) is 29.2. The van der Waals surface area contributed by atoms with E-state index >= 15 is 0 Å². The zero-order valence-corrected chi connectivity index (χ0v) is 11.3. The van der Waals surface area contributed by atoms with Crippen molar-refractivity contribution in [2.75, 3.05) is 12.3 Å². The zero-order chi connectivity index (χ0) is 13.6. The second-order valence-corrected chi connectivity index (χ2v) is 5.12. The van der Waals surface area contributed by atoms with Crippen LogP contribution in [0.15, 0.2) is 22.2 Å². The van der Waals surface area contributed by atoms with E-state index in [0.717, 1.165) is 6.42 Å². The number of hydrogen-bond acceptors (Lipinski definition) is 5. The number of aromatic nitrogens is 2. The summed E-state index contributed by atoms with van der Waals surface area (Å²) in [6.07, 6.45) is 2.34. The maximum atomic E-state index is 11.5. The molecule has 0 aromatic carbocycles. The second kappa shape index (κ2) is 6.55. The summed E-state index contributed by atoms with van der Waals surface area (Å²) in [5.41, 5.74) is 4.38. The van der Waals surface area contributed by atoms with Crippen LogP contribution in [0.4, 0.5) is 0 Å². The van der Waals surface area contributed by atoms with E-state index in [1.807, 2.05) is 6.92 Å². The summed E-state index contributed by atoms with van der Waals surface area (Å²) in [6, 6.07) is 1.34. The fourth-order valence-electron chi connectivity index (χ4n) is 1.25. The molecule has 0 aliphatic rings. The number of primary amides is 1. The Labute approximate surface area is 110 Å². The van der Waals surface area contributed by atoms with E-state index in [9.17, 15) is 9.59 Å². The van der Waals surface area contributed by atoms with Gasteiger partial charge >= 0.3 is 0 Å². The molecule has 18 heavy (non-hydrogen) atoms. The Morgan fingerprint density at radius 1 is 1.67 bits per heavy atom. The van der Waals surface area contributed by atoms with Gasteiger partial charge in [-0.25, -0.2) is 4.98 Å². The molecule has 0 fully saturated rings. The number of thioether (sulfide) groups is 1. The van der Waals surface area contributed by atoms with Gasteiger partial charge in [0.1, 0.15) is 5.54 Å². The van der Waals surface area contributed by atoms with Gasteiger partial charge in [-0.15, -0.1) is 0 Å². The maximum absolute atomic E-state index is 11.5. The number of carbonyl (C=O) groups is 1. The molecule has 1 rings (SSSR count). The molecule has 0 spiro atoms. The SMILES string of the molecule is CCCNC(C)(CSc1nccc(=O)[nH]1)C(N)=O. The van der Waals surface area contributed by atoms with Crippen molar-refractivity contribution in [3.05, 3.63) is 22.6 Å². The topological polar surface area (TPSA) is 101 Å². The lowest BCUT2D eigenvalue weighted by Crippen LogP contribution is -2.55. The second-order valence-electron chi connectivity index (χ2n) is 4.15. The number of nitrogens with one attached hydrogen (secondary N) is 2. The van der Waals surface area contributed by atoms with Gasteiger partial charge in [0.25, 0.3) is 5.56 Å². The molecule has 0 bridgehead atoms. The van der Waals surface area contributed by atoms with Crippen molar-refractivity contribution in [3.8, 4) is 0 Å². The molecule has 0 radical (unpaired) electrons. The van der Waals surface area contributed by atoms with Crippen LogP contribution >= 0.6 is 11.8 Å². The van der Waals surface area contributed by atoms with Gasteiger partial charge in [0.2, 0.25) is 5.91 Å². The quantitative estimate of drug-likeness (QED) is 0.482. The molecule has 0 aliphatic carbocycles. The van der Waals surface area contributed by atoms with Crippen LogP contribution in [0.1, 0.15) is 20.3 Å². The first-order chi connectivity index (χ1) is 8.48. The van der Waals surface area contributed by atoms with E-state index in [1.165, 1.54) is 24.0 Å². The fraction of sp³-hybridized carbons (Fsp3) is 0.545. The first kappa shape index (κ1) is 14.7. The van der Waals surface area contributed by atoms with Crippen LogP contribution in [0.2, 0.25) is 0 Å². The third kappa shape index (κ3) is 4.15. The molecule has 1 amide bonds. The molecule has 1 atom stereocenters. The maximum Gasteiger partial charge on any atom is 0.251 e. The average molecular weight is 270 g/mol. The van der Waals surface area contributed by atoms with Crippen LogP contribution in [-0.4, -0.2) is 33.7 Å². The molecule has 0 saturated heterocycles. The average Bonchev–Trinajstić information content (AvgIpc) is 2.34. The Hall–Kier alpha value is -1.34. The zero-order valence-electron chi connectivity index (χ0n) is 10.5. The van der Waals surface area contributed by atoms with E-state index in [-0.39, 0.29) is 5.56 Å². The van der Waals surface area contributed by atoms with Gasteiger partial charge in [-0.2, -0.15) is 0 Å². The van der Waals surface area contributed by atoms with E-state index in [2.05, 4.69) is 15.3 Å². The number of hydrogen-bond donors (Lipinski definition) is 3. The van der Waals surface area contributed by atoms with Gasteiger partial charge < -0.3 is 16.0 Å². The molecule has 1 aromatic heterocycles. The summed E-state index contributed by atoms with van der Waals surface area (Å²) >= 11 is 1.29. The Kier molecular flexibility index (Phi) is 5.36. The number of nitrogens with two attached hydrogens (primary N) is 1. The third-order valence-corrected chi connectivity index (χ3v) is 3.66. The molecule has 1 aromatic rings. The standard InChI is InChI=1S/C11H18N4O2S/c1-3-5-14-11(2,9(12)17)7-18-10-13-6-4-8(16)15-10/h4,6,14H,3,5,7H2,1-2H3,(H2,12,17)(H,13,15,16). The van der Waals surface area contributed by atoms with Crippen LogP contribution in [0, 0.1) is 0 Å². The predicted octanol–water partition coefficient (Wildman–Crippen LogP) is 0.106. The highest BCUT2D eigenvalue weighted by molar-refractivity contribution is 7.99. The fourth-order valence-corrected chi connectivity index (χ4v) is 2.23. The Morgan fingerprint density at radius 3 is 2.94 bits per heavy atom. The van der Waals surface area contributed by atoms with Crippen LogP contribution in [0.3, 0.4) is 0 Å². The van der Waals surface area contributed by atoms with Crippen molar-refractivity contribution < 1.29 is 4.79 Å². The van der Waals surface area contributed by atoms with Gasteiger partial charge in [0.05, 0.1) is 0 Å². The summed E-state index contributed by atoms with van der Waals surface area (Å²) in [5, 5.41) is 3.59. The van der Waals surface area contributed by atoms with E-state index in [0.29, 0.717) is 17.5 Å². The largest absolute Gasteiger partial charge is 0.368 e. The number of amides is 1. The van der Waals surface area contributed by atoms with Gasteiger partial charge in [0.15, 0.2) is 5.16 Å². The number of nitrogens with zero attached hydrogens (tertiary/aromatic N) is 1. The number of carbonyl (C=O) groups excluding carboxylic acids is 1. The van der Waals surface area contributed by atoms with E-state index in [1.54, 1.807) is 6.92 Å². The van der Waals surface area contributed by atoms with Gasteiger partial charge in [0, 0.05) is 18.0 Å². The lowest BCUT2D eigenvalue weighted by molar-refractivity contribution is -0.122. The van der Waals surface area contributed by atoms with Gasteiger partial charge in [-0.3, -0.25) is 9.59 Å². The highest BCUT2D eigenvalue weighted by atomic mass is 32.2. The van der Waals surface area contributed by atoms with Crippen molar-refractivity contribution in [1.29, 1.82) is 0 Å². The first-order valence-electron chi connectivity index (χ1n) is 5.71. The predicted molar refractivity (Wildman–Crippen MR) is 71.5 cm³/mol. The van der Waals surface area contributed by atoms with Crippen LogP contribution < -0.4 is 16.6 Å². The smallest absolute Gasteiger partial charge is 0.251 e. The van der Waals surface area contributed by atoms with Gasteiger partial charge in [-0.05, 0) is 19.9 Å². The molecule has 4 N–H and O–H groups in total. The Balaban J connectivity index is 2.68. The van der Waals surface area contributed by atoms with Crippen LogP contribution in [-0.2, 0) is 4.79 Å². The van der Waals surface area contributed by atoms with E-state index in [4.69, 9.17) is 5.73 Å². The number of aromatic amines is 1. The first-order valence-corrected chi connectivity index (χ1v) is 6.69. The number of rotatable bonds is 7. The molecule has 100 valence electrons. The molecular formula is C11H18N4O2S. The van der Waals surface area contributed by atoms with Crippen molar-refractivity contribution in [2.45, 2.75) is 31.0 Å². The monoisotopic (exact) mass is 270 g/mol. The number of H-pyrrole nitrogens is 1. The van der Waals surface area contributed by atoms with Crippen molar-refractivity contribution in [3.63, 3.8) is 0 Å². The summed E-state index contributed by atoms with van der Waals surface area (Å²) in [7, 11) is 0. The Morgan fingerprint density at radius 2 is 2.39 bits per heavy atom.